The number of anilines is 1. The van der Waals surface area contributed by atoms with Crippen LogP contribution in [0.4, 0.5) is 15.8 Å². The highest BCUT2D eigenvalue weighted by Crippen LogP contribution is 2.29. The van der Waals surface area contributed by atoms with Gasteiger partial charge < -0.3 is 10.2 Å². The van der Waals surface area contributed by atoms with Gasteiger partial charge in [0.25, 0.3) is 5.69 Å². The van der Waals surface area contributed by atoms with Gasteiger partial charge in [-0.2, -0.15) is 0 Å². The monoisotopic (exact) mass is 279 g/mol. The first-order valence-corrected chi connectivity index (χ1v) is 7.07. The molecule has 2 saturated heterocycles. The maximum atomic E-state index is 13.4. The Kier molecular flexibility index (Phi) is 3.56. The fourth-order valence-corrected chi connectivity index (χ4v) is 3.35. The second kappa shape index (κ2) is 5.36. The molecule has 0 radical (unpaired) electrons. The summed E-state index contributed by atoms with van der Waals surface area (Å²) in [4.78, 5) is 12.7. The quantitative estimate of drug-likeness (QED) is 0.682. The number of halogens is 1. The van der Waals surface area contributed by atoms with Crippen LogP contribution < -0.4 is 5.32 Å². The van der Waals surface area contributed by atoms with Gasteiger partial charge in [-0.05, 0) is 38.3 Å². The number of rotatable bonds is 3. The largest absolute Gasteiger partial charge is 0.382 e. The lowest BCUT2D eigenvalue weighted by molar-refractivity contribution is -0.385. The van der Waals surface area contributed by atoms with Crippen LogP contribution in [0, 0.1) is 15.9 Å². The third kappa shape index (κ3) is 2.75. The van der Waals surface area contributed by atoms with E-state index in [0.29, 0.717) is 11.7 Å². The normalized spacial score (nSPS) is 26.2. The molecule has 0 bridgehead atoms. The van der Waals surface area contributed by atoms with E-state index < -0.39 is 10.7 Å². The van der Waals surface area contributed by atoms with Gasteiger partial charge in [0.1, 0.15) is 5.82 Å². The molecule has 3 rings (SSSR count). The molecule has 1 N–H and O–H groups in total. The third-order valence-corrected chi connectivity index (χ3v) is 4.28. The number of nitro groups is 1. The fraction of sp³-hybridized carbons (Fsp3) is 0.571. The molecule has 2 fully saturated rings. The lowest BCUT2D eigenvalue weighted by atomic mass is 9.97. The Labute approximate surface area is 116 Å². The third-order valence-electron chi connectivity index (χ3n) is 4.28. The van der Waals surface area contributed by atoms with Crippen molar-refractivity contribution >= 4 is 11.4 Å². The van der Waals surface area contributed by atoms with Crippen molar-refractivity contribution in [3.8, 4) is 0 Å². The van der Waals surface area contributed by atoms with E-state index in [9.17, 15) is 14.5 Å². The number of non-ortho nitro benzene ring substituents is 1. The Morgan fingerprint density at radius 1 is 1.30 bits per heavy atom. The lowest BCUT2D eigenvalue weighted by Gasteiger charge is -2.35. The van der Waals surface area contributed by atoms with Gasteiger partial charge in [-0.15, -0.1) is 0 Å². The maximum Gasteiger partial charge on any atom is 0.274 e. The van der Waals surface area contributed by atoms with Crippen LogP contribution in [0.15, 0.2) is 18.2 Å². The Bertz CT molecular complexity index is 523. The fourth-order valence-electron chi connectivity index (χ4n) is 3.35. The maximum absolute atomic E-state index is 13.4. The van der Waals surface area contributed by atoms with Crippen LogP contribution in [0.2, 0.25) is 0 Å². The average molecular weight is 279 g/mol. The van der Waals surface area contributed by atoms with Crippen LogP contribution in [-0.4, -0.2) is 35.0 Å². The molecule has 0 spiro atoms. The van der Waals surface area contributed by atoms with Gasteiger partial charge >= 0.3 is 0 Å². The van der Waals surface area contributed by atoms with Gasteiger partial charge in [-0.1, -0.05) is 0 Å². The van der Waals surface area contributed by atoms with Crippen LogP contribution in [-0.2, 0) is 0 Å². The smallest absolute Gasteiger partial charge is 0.274 e. The van der Waals surface area contributed by atoms with Gasteiger partial charge in [-0.3, -0.25) is 10.1 Å². The van der Waals surface area contributed by atoms with Crippen LogP contribution in [0.3, 0.4) is 0 Å². The zero-order chi connectivity index (χ0) is 14.1. The Hall–Kier alpha value is -1.69. The SMILES string of the molecule is O=[N+]([O-])c1cc(F)cc(NC2CCN3CCCC3C2)c1. The summed E-state index contributed by atoms with van der Waals surface area (Å²) in [6.45, 7) is 2.24. The van der Waals surface area contributed by atoms with Gasteiger partial charge in [0.05, 0.1) is 11.0 Å². The molecule has 1 aromatic carbocycles. The minimum atomic E-state index is -0.569. The first kappa shape index (κ1) is 13.3. The van der Waals surface area contributed by atoms with Crippen LogP contribution in [0.5, 0.6) is 0 Å². The molecule has 0 saturated carbocycles. The Morgan fingerprint density at radius 3 is 2.95 bits per heavy atom. The summed E-state index contributed by atoms with van der Waals surface area (Å²) in [5.41, 5.74) is 0.305. The predicted molar refractivity (Wildman–Crippen MR) is 74.3 cm³/mol. The Morgan fingerprint density at radius 2 is 2.15 bits per heavy atom. The number of benzene rings is 1. The van der Waals surface area contributed by atoms with Crippen molar-refractivity contribution in [1.82, 2.24) is 4.90 Å². The Balaban J connectivity index is 1.70. The highest BCUT2D eigenvalue weighted by Gasteiger charge is 2.31. The molecule has 5 nitrogen and oxygen atoms in total. The summed E-state index contributed by atoms with van der Waals surface area (Å²) < 4.78 is 13.4. The van der Waals surface area contributed by atoms with Gasteiger partial charge in [0.15, 0.2) is 0 Å². The number of nitrogens with zero attached hydrogens (tertiary/aromatic N) is 2. The minimum Gasteiger partial charge on any atom is -0.382 e. The summed E-state index contributed by atoms with van der Waals surface area (Å²) in [5, 5.41) is 14.0. The molecule has 0 aromatic heterocycles. The molecule has 0 amide bonds. The summed E-state index contributed by atoms with van der Waals surface area (Å²) in [6, 6.07) is 4.57. The molecule has 108 valence electrons. The second-order valence-electron chi connectivity index (χ2n) is 5.65. The minimum absolute atomic E-state index is 0.203. The molecule has 6 heteroatoms. The summed E-state index contributed by atoms with van der Waals surface area (Å²) in [6.07, 6.45) is 4.51. The van der Waals surface area contributed by atoms with Crippen LogP contribution in [0.1, 0.15) is 25.7 Å². The van der Waals surface area contributed by atoms with E-state index in [1.54, 1.807) is 0 Å². The van der Waals surface area contributed by atoms with Crippen LogP contribution >= 0.6 is 0 Å². The van der Waals surface area contributed by atoms with E-state index in [1.165, 1.54) is 31.5 Å². The first-order valence-electron chi connectivity index (χ1n) is 7.07. The molecule has 2 aliphatic heterocycles. The zero-order valence-electron chi connectivity index (χ0n) is 11.2. The molecule has 0 aliphatic carbocycles. The molecule has 2 unspecified atom stereocenters. The highest BCUT2D eigenvalue weighted by atomic mass is 19.1. The van der Waals surface area contributed by atoms with Crippen molar-refractivity contribution in [2.45, 2.75) is 37.8 Å². The number of fused-ring (bicyclic) bond motifs is 1. The van der Waals surface area contributed by atoms with E-state index >= 15 is 0 Å². The van der Waals surface area contributed by atoms with E-state index in [4.69, 9.17) is 0 Å². The predicted octanol–water partition coefficient (Wildman–Crippen LogP) is 2.77. The first-order chi connectivity index (χ1) is 9.61. The number of piperidine rings is 1. The standard InChI is InChI=1S/C14H18FN3O2/c15-10-6-12(9-14(7-10)18(19)20)16-11-3-5-17-4-1-2-13(17)8-11/h6-7,9,11,13,16H,1-5,8H2. The topological polar surface area (TPSA) is 58.4 Å². The number of hydrogen-bond donors (Lipinski definition) is 1. The van der Waals surface area contributed by atoms with Crippen molar-refractivity contribution in [2.75, 3.05) is 18.4 Å². The summed E-state index contributed by atoms with van der Waals surface area (Å²) in [7, 11) is 0. The zero-order valence-corrected chi connectivity index (χ0v) is 11.2. The van der Waals surface area contributed by atoms with Crippen molar-refractivity contribution in [1.29, 1.82) is 0 Å². The molecule has 1 aromatic rings. The highest BCUT2D eigenvalue weighted by molar-refractivity contribution is 5.52. The molecule has 2 aliphatic rings. The number of nitrogens with one attached hydrogen (secondary N) is 1. The van der Waals surface area contributed by atoms with Gasteiger partial charge in [0, 0.05) is 30.4 Å². The van der Waals surface area contributed by atoms with Crippen molar-refractivity contribution in [3.63, 3.8) is 0 Å². The van der Waals surface area contributed by atoms with E-state index in [-0.39, 0.29) is 11.7 Å². The van der Waals surface area contributed by atoms with Crippen LogP contribution in [0.25, 0.3) is 0 Å². The van der Waals surface area contributed by atoms with E-state index in [2.05, 4.69) is 10.2 Å². The second-order valence-corrected chi connectivity index (χ2v) is 5.65. The average Bonchev–Trinajstić information content (AvgIpc) is 2.85. The molecule has 2 atom stereocenters. The van der Waals surface area contributed by atoms with Gasteiger partial charge in [0.2, 0.25) is 0 Å². The molecular formula is C14H18FN3O2. The van der Waals surface area contributed by atoms with E-state index in [0.717, 1.165) is 25.5 Å². The van der Waals surface area contributed by atoms with Crippen molar-refractivity contribution in [2.24, 2.45) is 0 Å². The lowest BCUT2D eigenvalue weighted by Crippen LogP contribution is -2.42. The van der Waals surface area contributed by atoms with Crippen molar-refractivity contribution in [3.05, 3.63) is 34.1 Å². The van der Waals surface area contributed by atoms with Crippen molar-refractivity contribution < 1.29 is 9.31 Å². The van der Waals surface area contributed by atoms with E-state index in [1.807, 2.05) is 0 Å². The molecular weight excluding hydrogens is 261 g/mol. The number of nitro benzene ring substituents is 1. The van der Waals surface area contributed by atoms with Gasteiger partial charge in [-0.25, -0.2) is 4.39 Å². The molecule has 2 heterocycles. The number of hydrogen-bond acceptors (Lipinski definition) is 4. The molecule has 20 heavy (non-hydrogen) atoms. The summed E-state index contributed by atoms with van der Waals surface area (Å²) >= 11 is 0. The summed E-state index contributed by atoms with van der Waals surface area (Å²) in [5.74, 6) is -0.569.